The number of hydrogen-bond donors (Lipinski definition) is 1. The van der Waals surface area contributed by atoms with Crippen molar-refractivity contribution in [2.24, 2.45) is 0 Å². The van der Waals surface area contributed by atoms with Crippen molar-refractivity contribution in [3.8, 4) is 11.8 Å². The summed E-state index contributed by atoms with van der Waals surface area (Å²) in [7, 11) is 0. The highest BCUT2D eigenvalue weighted by Gasteiger charge is 2.14. The van der Waals surface area contributed by atoms with Crippen molar-refractivity contribution in [2.75, 3.05) is 5.32 Å². The van der Waals surface area contributed by atoms with E-state index in [0.717, 1.165) is 11.1 Å². The fraction of sp³-hybridized carbons (Fsp3) is 0.120. The Balaban J connectivity index is 1.85. The molecule has 0 atom stereocenters. The molecule has 33 heavy (non-hydrogen) atoms. The Kier molecular flexibility index (Phi) is 7.44. The molecule has 1 amide bonds. The normalized spacial score (nSPS) is 10.9. The molecule has 166 valence electrons. The molecule has 8 heteroatoms. The van der Waals surface area contributed by atoms with Crippen LogP contribution in [0.15, 0.2) is 66.2 Å². The van der Waals surface area contributed by atoms with Gasteiger partial charge in [0, 0.05) is 28.4 Å². The molecular weight excluding hydrogens is 442 g/mol. The van der Waals surface area contributed by atoms with E-state index in [2.05, 4.69) is 5.32 Å². The first-order valence-corrected chi connectivity index (χ1v) is 10.3. The number of rotatable bonds is 7. The number of amides is 1. The zero-order valence-corrected chi connectivity index (χ0v) is 18.7. The first-order chi connectivity index (χ1) is 15.8. The maximum absolute atomic E-state index is 12.7. The quantitative estimate of drug-likeness (QED) is 0.201. The lowest BCUT2D eigenvalue weighted by Gasteiger charge is -2.11. The molecule has 0 aromatic heterocycles. The van der Waals surface area contributed by atoms with Gasteiger partial charge in [0.1, 0.15) is 24.0 Å². The number of hydrogen-bond acceptors (Lipinski definition) is 5. The number of nitrogens with zero attached hydrogens (tertiary/aromatic N) is 2. The maximum Gasteiger partial charge on any atom is 0.269 e. The van der Waals surface area contributed by atoms with Gasteiger partial charge >= 0.3 is 0 Å². The summed E-state index contributed by atoms with van der Waals surface area (Å²) in [5.41, 5.74) is 3.33. The number of nitro benzene ring substituents is 1. The lowest BCUT2D eigenvalue weighted by molar-refractivity contribution is -0.384. The third kappa shape index (κ3) is 6.19. The minimum absolute atomic E-state index is 0.0396. The van der Waals surface area contributed by atoms with Gasteiger partial charge in [0.25, 0.3) is 11.6 Å². The van der Waals surface area contributed by atoms with Crippen molar-refractivity contribution in [1.29, 1.82) is 5.26 Å². The highest BCUT2D eigenvalue weighted by atomic mass is 35.5. The van der Waals surface area contributed by atoms with Crippen LogP contribution in [0.2, 0.25) is 5.02 Å². The SMILES string of the molecule is Cc1ccc(C)c(NC(=O)/C(C#N)=C/c2cc(Cl)ccc2OCc2cccc([N+](=O)[O-])c2)c1. The summed E-state index contributed by atoms with van der Waals surface area (Å²) in [6.45, 7) is 3.83. The minimum Gasteiger partial charge on any atom is -0.488 e. The summed E-state index contributed by atoms with van der Waals surface area (Å²) in [6, 6.07) is 18.5. The molecule has 0 aliphatic rings. The van der Waals surface area contributed by atoms with E-state index >= 15 is 0 Å². The fourth-order valence-corrected chi connectivity index (χ4v) is 3.23. The lowest BCUT2D eigenvalue weighted by atomic mass is 10.1. The summed E-state index contributed by atoms with van der Waals surface area (Å²) >= 11 is 6.12. The Morgan fingerprint density at radius 1 is 1.18 bits per heavy atom. The van der Waals surface area contributed by atoms with Gasteiger partial charge in [0.2, 0.25) is 0 Å². The molecule has 3 aromatic carbocycles. The number of carbonyl (C=O) groups excluding carboxylic acids is 1. The maximum atomic E-state index is 12.7. The average molecular weight is 462 g/mol. The molecule has 0 unspecified atom stereocenters. The van der Waals surface area contributed by atoms with E-state index in [-0.39, 0.29) is 17.9 Å². The molecule has 0 radical (unpaired) electrons. The number of ether oxygens (including phenoxy) is 1. The summed E-state index contributed by atoms with van der Waals surface area (Å²) in [5, 5.41) is 23.7. The van der Waals surface area contributed by atoms with E-state index in [0.29, 0.717) is 27.6 Å². The van der Waals surface area contributed by atoms with Crippen LogP contribution in [0.4, 0.5) is 11.4 Å². The van der Waals surface area contributed by atoms with Crippen LogP contribution >= 0.6 is 11.6 Å². The van der Waals surface area contributed by atoms with Crippen molar-refractivity contribution in [1.82, 2.24) is 0 Å². The van der Waals surface area contributed by atoms with Crippen LogP contribution in [-0.2, 0) is 11.4 Å². The summed E-state index contributed by atoms with van der Waals surface area (Å²) < 4.78 is 5.82. The molecule has 7 nitrogen and oxygen atoms in total. The average Bonchev–Trinajstić information content (AvgIpc) is 2.79. The molecule has 0 aliphatic carbocycles. The van der Waals surface area contributed by atoms with Crippen LogP contribution in [0, 0.1) is 35.3 Å². The Labute approximate surface area is 196 Å². The Hall–Kier alpha value is -4.15. The Morgan fingerprint density at radius 3 is 2.70 bits per heavy atom. The van der Waals surface area contributed by atoms with Crippen LogP contribution in [0.1, 0.15) is 22.3 Å². The highest BCUT2D eigenvalue weighted by molar-refractivity contribution is 6.30. The zero-order chi connectivity index (χ0) is 24.0. The number of nitriles is 1. The Bertz CT molecular complexity index is 1300. The molecule has 0 saturated carbocycles. The lowest BCUT2D eigenvalue weighted by Crippen LogP contribution is -2.14. The minimum atomic E-state index is -0.559. The topological polar surface area (TPSA) is 105 Å². The van der Waals surface area contributed by atoms with E-state index in [1.807, 2.05) is 38.1 Å². The van der Waals surface area contributed by atoms with Crippen LogP contribution < -0.4 is 10.1 Å². The number of carbonyl (C=O) groups is 1. The number of benzene rings is 3. The van der Waals surface area contributed by atoms with E-state index in [9.17, 15) is 20.2 Å². The van der Waals surface area contributed by atoms with Gasteiger partial charge in [-0.25, -0.2) is 0 Å². The highest BCUT2D eigenvalue weighted by Crippen LogP contribution is 2.27. The van der Waals surface area contributed by atoms with Gasteiger partial charge in [-0.1, -0.05) is 35.9 Å². The number of anilines is 1. The first-order valence-electron chi connectivity index (χ1n) is 9.93. The second-order valence-electron chi connectivity index (χ2n) is 7.34. The van der Waals surface area contributed by atoms with Crippen molar-refractivity contribution < 1.29 is 14.5 Å². The molecule has 0 fully saturated rings. The number of halogens is 1. The van der Waals surface area contributed by atoms with E-state index in [1.165, 1.54) is 18.2 Å². The van der Waals surface area contributed by atoms with Crippen molar-refractivity contribution in [3.05, 3.63) is 104 Å². The summed E-state index contributed by atoms with van der Waals surface area (Å²) in [6.07, 6.45) is 1.40. The molecule has 0 spiro atoms. The molecule has 3 rings (SSSR count). The standard InChI is InChI=1S/C25H20ClN3O4/c1-16-6-7-17(2)23(10-16)28-25(30)20(14-27)12-19-13-21(26)8-9-24(19)33-15-18-4-3-5-22(11-18)29(31)32/h3-13H,15H2,1-2H3,(H,28,30)/b20-12+. The second-order valence-corrected chi connectivity index (χ2v) is 7.78. The van der Waals surface area contributed by atoms with Crippen molar-refractivity contribution >= 4 is 35.0 Å². The zero-order valence-electron chi connectivity index (χ0n) is 18.0. The number of aryl methyl sites for hydroxylation is 2. The van der Waals surface area contributed by atoms with Crippen LogP contribution in [0.3, 0.4) is 0 Å². The van der Waals surface area contributed by atoms with Gasteiger partial charge in [0.15, 0.2) is 0 Å². The smallest absolute Gasteiger partial charge is 0.269 e. The number of nitro groups is 1. The Morgan fingerprint density at radius 2 is 1.97 bits per heavy atom. The van der Waals surface area contributed by atoms with Crippen LogP contribution in [0.25, 0.3) is 6.08 Å². The van der Waals surface area contributed by atoms with Gasteiger partial charge in [-0.3, -0.25) is 14.9 Å². The van der Waals surface area contributed by atoms with Crippen molar-refractivity contribution in [3.63, 3.8) is 0 Å². The number of non-ortho nitro benzene ring substituents is 1. The second kappa shape index (κ2) is 10.4. The molecule has 0 saturated heterocycles. The molecule has 0 bridgehead atoms. The predicted molar refractivity (Wildman–Crippen MR) is 127 cm³/mol. The third-order valence-corrected chi connectivity index (χ3v) is 5.03. The fourth-order valence-electron chi connectivity index (χ4n) is 3.05. The largest absolute Gasteiger partial charge is 0.488 e. The molecule has 0 aliphatic heterocycles. The molecule has 1 N–H and O–H groups in total. The monoisotopic (exact) mass is 461 g/mol. The van der Waals surface area contributed by atoms with Crippen molar-refractivity contribution in [2.45, 2.75) is 20.5 Å². The number of nitrogens with one attached hydrogen (secondary N) is 1. The van der Waals surface area contributed by atoms with Gasteiger partial charge in [0.05, 0.1) is 4.92 Å². The molecule has 0 heterocycles. The summed E-state index contributed by atoms with van der Waals surface area (Å²) in [4.78, 5) is 23.3. The van der Waals surface area contributed by atoms with E-state index in [4.69, 9.17) is 16.3 Å². The van der Waals surface area contributed by atoms with E-state index in [1.54, 1.807) is 30.3 Å². The molecular formula is C25H20ClN3O4. The van der Waals surface area contributed by atoms with Gasteiger partial charge < -0.3 is 10.1 Å². The van der Waals surface area contributed by atoms with E-state index < -0.39 is 10.8 Å². The first kappa shape index (κ1) is 23.5. The predicted octanol–water partition coefficient (Wildman–Crippen LogP) is 5.99. The van der Waals surface area contributed by atoms with Gasteiger partial charge in [-0.2, -0.15) is 5.26 Å². The van der Waals surface area contributed by atoms with Gasteiger partial charge in [-0.05, 0) is 60.9 Å². The molecule has 3 aromatic rings. The van der Waals surface area contributed by atoms with Crippen LogP contribution in [0.5, 0.6) is 5.75 Å². The van der Waals surface area contributed by atoms with Crippen LogP contribution in [-0.4, -0.2) is 10.8 Å². The van der Waals surface area contributed by atoms with Gasteiger partial charge in [-0.15, -0.1) is 0 Å². The third-order valence-electron chi connectivity index (χ3n) is 4.79. The summed E-state index contributed by atoms with van der Waals surface area (Å²) in [5.74, 6) is -0.186.